The number of hydrogen-bond acceptors (Lipinski definition) is 2. The van der Waals surface area contributed by atoms with Crippen molar-refractivity contribution >= 4 is 22.6 Å². The maximum atomic E-state index is 4.68. The standard InChI is InChI=1S/C21H24N2/c1-7-9-22-15(4)19-14(3)20-18-16(8-10-23-20)11-13(2)12-17(18)21(19,5)6/h8-12H,4,7H2,1-3,5-6H3/b22-9-. The highest BCUT2D eigenvalue weighted by Crippen LogP contribution is 2.48. The Labute approximate surface area is 138 Å². The molecule has 118 valence electrons. The molecule has 1 aromatic heterocycles. The van der Waals surface area contributed by atoms with Crippen LogP contribution in [0.3, 0.4) is 0 Å². The van der Waals surface area contributed by atoms with Crippen molar-refractivity contribution in [3.63, 3.8) is 0 Å². The third kappa shape index (κ3) is 2.33. The molecule has 0 amide bonds. The van der Waals surface area contributed by atoms with Crippen LogP contribution in [0.2, 0.25) is 0 Å². The zero-order valence-corrected chi connectivity index (χ0v) is 14.7. The average molecular weight is 304 g/mol. The first-order valence-electron chi connectivity index (χ1n) is 8.21. The first-order valence-corrected chi connectivity index (χ1v) is 8.21. The van der Waals surface area contributed by atoms with Gasteiger partial charge >= 0.3 is 0 Å². The van der Waals surface area contributed by atoms with Crippen LogP contribution in [-0.2, 0) is 5.41 Å². The number of nitrogens with zero attached hydrogens (tertiary/aromatic N) is 2. The summed E-state index contributed by atoms with van der Waals surface area (Å²) in [6.07, 6.45) is 4.74. The molecule has 2 aromatic rings. The van der Waals surface area contributed by atoms with Crippen molar-refractivity contribution in [3.05, 3.63) is 59.1 Å². The molecule has 0 saturated heterocycles. The van der Waals surface area contributed by atoms with Gasteiger partial charge in [0.25, 0.3) is 0 Å². The Kier molecular flexibility index (Phi) is 3.71. The molecule has 0 fully saturated rings. The SMILES string of the molecule is C=C(/N=C\CC)C1=C(C)c2nccc3cc(C)cc(c23)C1(C)C. The number of pyridine rings is 1. The van der Waals surface area contributed by atoms with Gasteiger partial charge in [-0.05, 0) is 48.4 Å². The second kappa shape index (κ2) is 5.45. The van der Waals surface area contributed by atoms with Crippen LogP contribution in [0.5, 0.6) is 0 Å². The maximum absolute atomic E-state index is 4.68. The largest absolute Gasteiger partial charge is 0.262 e. The van der Waals surface area contributed by atoms with Gasteiger partial charge in [-0.25, -0.2) is 0 Å². The molecule has 1 aliphatic rings. The summed E-state index contributed by atoms with van der Waals surface area (Å²) in [5.41, 5.74) is 6.77. The van der Waals surface area contributed by atoms with Gasteiger partial charge in [0.2, 0.25) is 0 Å². The minimum Gasteiger partial charge on any atom is -0.262 e. The van der Waals surface area contributed by atoms with Crippen molar-refractivity contribution in [2.75, 3.05) is 0 Å². The minimum atomic E-state index is -0.132. The molecular weight excluding hydrogens is 280 g/mol. The number of aryl methyl sites for hydroxylation is 1. The molecule has 0 saturated carbocycles. The number of aliphatic imine (C=N–C) groups is 1. The van der Waals surface area contributed by atoms with Crippen LogP contribution < -0.4 is 0 Å². The molecule has 0 atom stereocenters. The fourth-order valence-electron chi connectivity index (χ4n) is 3.81. The van der Waals surface area contributed by atoms with Crippen LogP contribution in [0.4, 0.5) is 0 Å². The quantitative estimate of drug-likeness (QED) is 0.677. The Balaban J connectivity index is 2.37. The average Bonchev–Trinajstić information content (AvgIpc) is 2.50. The lowest BCUT2D eigenvalue weighted by molar-refractivity contribution is 0.631. The van der Waals surface area contributed by atoms with E-state index in [-0.39, 0.29) is 5.41 Å². The molecule has 1 aromatic carbocycles. The third-order valence-electron chi connectivity index (χ3n) is 4.75. The molecule has 0 bridgehead atoms. The summed E-state index contributed by atoms with van der Waals surface area (Å²) in [5, 5.41) is 2.54. The van der Waals surface area contributed by atoms with Gasteiger partial charge in [-0.1, -0.05) is 45.0 Å². The maximum Gasteiger partial charge on any atom is 0.0744 e. The van der Waals surface area contributed by atoms with Gasteiger partial charge in [0.1, 0.15) is 0 Å². The van der Waals surface area contributed by atoms with Crippen LogP contribution in [0, 0.1) is 6.92 Å². The van der Waals surface area contributed by atoms with E-state index in [2.05, 4.69) is 69.4 Å². The van der Waals surface area contributed by atoms with Gasteiger partial charge in [0, 0.05) is 23.2 Å². The Morgan fingerprint density at radius 2 is 2.04 bits per heavy atom. The van der Waals surface area contributed by atoms with Gasteiger partial charge in [0.05, 0.1) is 11.4 Å². The van der Waals surface area contributed by atoms with E-state index in [9.17, 15) is 0 Å². The van der Waals surface area contributed by atoms with E-state index in [4.69, 9.17) is 0 Å². The molecule has 23 heavy (non-hydrogen) atoms. The van der Waals surface area contributed by atoms with Crippen molar-refractivity contribution in [3.8, 4) is 0 Å². The second-order valence-corrected chi connectivity index (χ2v) is 6.86. The number of aromatic nitrogens is 1. The van der Waals surface area contributed by atoms with E-state index < -0.39 is 0 Å². The molecule has 1 heterocycles. The number of hydrogen-bond donors (Lipinski definition) is 0. The third-order valence-corrected chi connectivity index (χ3v) is 4.75. The summed E-state index contributed by atoms with van der Waals surface area (Å²) in [4.78, 5) is 9.24. The van der Waals surface area contributed by atoms with Crippen LogP contribution in [0.1, 0.15) is 50.9 Å². The first kappa shape index (κ1) is 15.7. The molecule has 0 spiro atoms. The Hall–Kier alpha value is -2.22. The molecule has 0 aliphatic heterocycles. The fourth-order valence-corrected chi connectivity index (χ4v) is 3.81. The highest BCUT2D eigenvalue weighted by molar-refractivity contribution is 6.00. The van der Waals surface area contributed by atoms with Crippen LogP contribution in [0.15, 0.2) is 47.2 Å². The Morgan fingerprint density at radius 3 is 2.74 bits per heavy atom. The molecule has 0 unspecified atom stereocenters. The van der Waals surface area contributed by atoms with Crippen LogP contribution in [0.25, 0.3) is 16.3 Å². The summed E-state index contributed by atoms with van der Waals surface area (Å²) in [6, 6.07) is 6.63. The molecule has 2 heteroatoms. The summed E-state index contributed by atoms with van der Waals surface area (Å²) in [7, 11) is 0. The topological polar surface area (TPSA) is 25.2 Å². The lowest BCUT2D eigenvalue weighted by Gasteiger charge is -2.36. The fraction of sp³-hybridized carbons (Fsp3) is 0.333. The molecule has 2 nitrogen and oxygen atoms in total. The van der Waals surface area contributed by atoms with E-state index >= 15 is 0 Å². The van der Waals surface area contributed by atoms with E-state index in [1.54, 1.807) is 0 Å². The molecule has 0 radical (unpaired) electrons. The van der Waals surface area contributed by atoms with Crippen molar-refractivity contribution in [1.29, 1.82) is 0 Å². The Bertz CT molecular complexity index is 867. The van der Waals surface area contributed by atoms with E-state index in [1.165, 1.54) is 33.0 Å². The lowest BCUT2D eigenvalue weighted by atomic mass is 9.68. The Morgan fingerprint density at radius 1 is 1.30 bits per heavy atom. The van der Waals surface area contributed by atoms with E-state index in [1.807, 2.05) is 12.4 Å². The summed E-state index contributed by atoms with van der Waals surface area (Å²) in [6.45, 7) is 15.2. The lowest BCUT2D eigenvalue weighted by Crippen LogP contribution is -2.26. The van der Waals surface area contributed by atoms with Crippen molar-refractivity contribution < 1.29 is 0 Å². The van der Waals surface area contributed by atoms with Crippen LogP contribution >= 0.6 is 0 Å². The second-order valence-electron chi connectivity index (χ2n) is 6.86. The smallest absolute Gasteiger partial charge is 0.0744 e. The zero-order chi connectivity index (χ0) is 16.8. The summed E-state index contributed by atoms with van der Waals surface area (Å²) < 4.78 is 0. The minimum absolute atomic E-state index is 0.132. The number of benzene rings is 1. The van der Waals surface area contributed by atoms with Gasteiger partial charge in [-0.3, -0.25) is 9.98 Å². The van der Waals surface area contributed by atoms with Crippen molar-refractivity contribution in [2.24, 2.45) is 4.99 Å². The highest BCUT2D eigenvalue weighted by atomic mass is 14.8. The summed E-state index contributed by atoms with van der Waals surface area (Å²) in [5.74, 6) is 0. The number of allylic oxidation sites excluding steroid dienone is 2. The van der Waals surface area contributed by atoms with Crippen molar-refractivity contribution in [1.82, 2.24) is 4.98 Å². The molecule has 0 N–H and O–H groups in total. The number of rotatable bonds is 3. The van der Waals surface area contributed by atoms with Crippen LogP contribution in [-0.4, -0.2) is 11.2 Å². The summed E-state index contributed by atoms with van der Waals surface area (Å²) >= 11 is 0. The predicted octanol–water partition coefficient (Wildman–Crippen LogP) is 5.60. The highest BCUT2D eigenvalue weighted by Gasteiger charge is 2.36. The first-order chi connectivity index (χ1) is 10.9. The van der Waals surface area contributed by atoms with Gasteiger partial charge in [-0.2, -0.15) is 0 Å². The predicted molar refractivity (Wildman–Crippen MR) is 100 cm³/mol. The van der Waals surface area contributed by atoms with E-state index in [0.717, 1.165) is 17.8 Å². The molecule has 1 aliphatic carbocycles. The van der Waals surface area contributed by atoms with Gasteiger partial charge in [-0.15, -0.1) is 0 Å². The zero-order valence-electron chi connectivity index (χ0n) is 14.7. The molecular formula is C21H24N2. The van der Waals surface area contributed by atoms with Crippen molar-refractivity contribution in [2.45, 2.75) is 46.5 Å². The normalized spacial score (nSPS) is 16.4. The van der Waals surface area contributed by atoms with Gasteiger partial charge in [0.15, 0.2) is 0 Å². The monoisotopic (exact) mass is 304 g/mol. The molecule has 3 rings (SSSR count). The van der Waals surface area contributed by atoms with Gasteiger partial charge < -0.3 is 0 Å². The van der Waals surface area contributed by atoms with E-state index in [0.29, 0.717) is 0 Å².